The minimum atomic E-state index is 0.200. The zero-order valence-electron chi connectivity index (χ0n) is 13.8. The lowest BCUT2D eigenvalue weighted by atomic mass is 10.2. The van der Waals surface area contributed by atoms with Crippen molar-refractivity contribution in [3.05, 3.63) is 71.4 Å². The smallest absolute Gasteiger partial charge is 0.122 e. The first kappa shape index (κ1) is 16.8. The van der Waals surface area contributed by atoms with Crippen molar-refractivity contribution in [1.82, 2.24) is 20.0 Å². The molecule has 0 radical (unpaired) electrons. The van der Waals surface area contributed by atoms with E-state index in [0.29, 0.717) is 0 Å². The molecule has 0 aliphatic rings. The molecule has 0 fully saturated rings. The summed E-state index contributed by atoms with van der Waals surface area (Å²) in [5, 5.41) is 8.60. The van der Waals surface area contributed by atoms with Crippen molar-refractivity contribution in [1.29, 1.82) is 0 Å². The zero-order chi connectivity index (χ0) is 16.9. The molecule has 0 spiro atoms. The highest BCUT2D eigenvalue weighted by atomic mass is 35.5. The van der Waals surface area contributed by atoms with E-state index in [-0.39, 0.29) is 6.04 Å². The summed E-state index contributed by atoms with van der Waals surface area (Å²) in [6.07, 6.45) is 5.61. The lowest BCUT2D eigenvalue weighted by Crippen LogP contribution is -2.30. The van der Waals surface area contributed by atoms with Crippen LogP contribution in [-0.4, -0.2) is 35.3 Å². The number of halogens is 1. The third-order valence-electron chi connectivity index (χ3n) is 3.89. The van der Waals surface area contributed by atoms with Crippen molar-refractivity contribution >= 4 is 11.6 Å². The van der Waals surface area contributed by atoms with E-state index in [9.17, 15) is 0 Å². The van der Waals surface area contributed by atoms with E-state index >= 15 is 0 Å². The van der Waals surface area contributed by atoms with Crippen LogP contribution in [0.5, 0.6) is 0 Å². The van der Waals surface area contributed by atoms with Crippen molar-refractivity contribution in [2.45, 2.75) is 12.6 Å². The summed E-state index contributed by atoms with van der Waals surface area (Å²) in [5.41, 5.74) is 2.12. The molecular weight excluding hydrogens is 324 g/mol. The molecule has 0 bridgehead atoms. The van der Waals surface area contributed by atoms with Crippen molar-refractivity contribution in [3.63, 3.8) is 0 Å². The van der Waals surface area contributed by atoms with E-state index in [0.717, 1.165) is 35.1 Å². The highest BCUT2D eigenvalue weighted by Crippen LogP contribution is 2.18. The number of hydrogen-bond donors (Lipinski definition) is 1. The van der Waals surface area contributed by atoms with Crippen LogP contribution in [0.15, 0.2) is 59.5 Å². The Labute approximate surface area is 146 Å². The topological polar surface area (TPSA) is 46.2 Å². The van der Waals surface area contributed by atoms with Gasteiger partial charge in [0.05, 0.1) is 24.2 Å². The predicted molar refractivity (Wildman–Crippen MR) is 95.4 cm³/mol. The maximum Gasteiger partial charge on any atom is 0.122 e. The molecule has 0 aliphatic heterocycles. The van der Waals surface area contributed by atoms with Crippen LogP contribution in [0.3, 0.4) is 0 Å². The molecule has 126 valence electrons. The summed E-state index contributed by atoms with van der Waals surface area (Å²) >= 11 is 5.92. The van der Waals surface area contributed by atoms with Crippen LogP contribution in [0, 0.1) is 0 Å². The molecular formula is C18H21ClN4O. The molecule has 1 aromatic carbocycles. The zero-order valence-corrected chi connectivity index (χ0v) is 14.6. The second-order valence-corrected chi connectivity index (χ2v) is 6.33. The van der Waals surface area contributed by atoms with Crippen molar-refractivity contribution in [3.8, 4) is 5.69 Å². The summed E-state index contributed by atoms with van der Waals surface area (Å²) < 4.78 is 7.37. The fourth-order valence-electron chi connectivity index (χ4n) is 2.56. The van der Waals surface area contributed by atoms with Gasteiger partial charge in [0, 0.05) is 29.9 Å². The number of benzene rings is 1. The first-order valence-corrected chi connectivity index (χ1v) is 8.21. The minimum Gasteiger partial charge on any atom is -0.468 e. The molecule has 0 amide bonds. The Hall–Kier alpha value is -2.08. The van der Waals surface area contributed by atoms with Crippen LogP contribution in [-0.2, 0) is 6.54 Å². The second-order valence-electron chi connectivity index (χ2n) is 5.90. The Balaban J connectivity index is 1.58. The largest absolute Gasteiger partial charge is 0.468 e. The fraction of sp³-hybridized carbons (Fsp3) is 0.278. The molecule has 1 unspecified atom stereocenters. The van der Waals surface area contributed by atoms with Crippen molar-refractivity contribution < 1.29 is 4.42 Å². The van der Waals surface area contributed by atoms with Crippen LogP contribution in [0.4, 0.5) is 0 Å². The van der Waals surface area contributed by atoms with E-state index in [1.807, 2.05) is 67.6 Å². The maximum atomic E-state index is 5.92. The van der Waals surface area contributed by atoms with Gasteiger partial charge in [0.1, 0.15) is 5.76 Å². The predicted octanol–water partition coefficient (Wildman–Crippen LogP) is 3.51. The quantitative estimate of drug-likeness (QED) is 0.712. The van der Waals surface area contributed by atoms with Crippen LogP contribution in [0.2, 0.25) is 5.02 Å². The van der Waals surface area contributed by atoms with Crippen LogP contribution < -0.4 is 5.32 Å². The van der Waals surface area contributed by atoms with Gasteiger partial charge in [-0.15, -0.1) is 0 Å². The number of aromatic nitrogens is 2. The van der Waals surface area contributed by atoms with Gasteiger partial charge in [-0.3, -0.25) is 4.90 Å². The van der Waals surface area contributed by atoms with Crippen LogP contribution >= 0.6 is 11.6 Å². The summed E-state index contributed by atoms with van der Waals surface area (Å²) in [6, 6.07) is 11.7. The fourth-order valence-corrected chi connectivity index (χ4v) is 2.68. The maximum absolute atomic E-state index is 5.92. The third kappa shape index (κ3) is 4.06. The molecule has 1 atom stereocenters. The summed E-state index contributed by atoms with van der Waals surface area (Å²) in [7, 11) is 4.10. The lowest BCUT2D eigenvalue weighted by molar-refractivity contribution is 0.250. The number of nitrogens with zero attached hydrogens (tertiary/aromatic N) is 3. The molecule has 6 heteroatoms. The highest BCUT2D eigenvalue weighted by molar-refractivity contribution is 6.30. The molecule has 0 aliphatic carbocycles. The van der Waals surface area contributed by atoms with Crippen molar-refractivity contribution in [2.24, 2.45) is 0 Å². The van der Waals surface area contributed by atoms with E-state index in [1.165, 1.54) is 0 Å². The standard InChI is InChI=1S/C18H21ClN4O/c1-22(2)17(18-4-3-9-24-18)12-20-10-14-11-21-23(13-14)16-7-5-15(19)6-8-16/h3-9,11,13,17,20H,10,12H2,1-2H3. The minimum absolute atomic E-state index is 0.200. The number of likely N-dealkylation sites (N-methyl/N-ethyl adjacent to an activating group) is 1. The summed E-state index contributed by atoms with van der Waals surface area (Å²) in [5.74, 6) is 0.962. The van der Waals surface area contributed by atoms with Gasteiger partial charge in [0.15, 0.2) is 0 Å². The van der Waals surface area contributed by atoms with Crippen LogP contribution in [0.1, 0.15) is 17.4 Å². The molecule has 2 aromatic heterocycles. The summed E-state index contributed by atoms with van der Waals surface area (Å²) in [4.78, 5) is 2.14. The molecule has 2 heterocycles. The second kappa shape index (κ2) is 7.66. The average Bonchev–Trinajstić information content (AvgIpc) is 3.24. The normalized spacial score (nSPS) is 12.7. The number of hydrogen-bond acceptors (Lipinski definition) is 4. The Bertz CT molecular complexity index is 750. The molecule has 3 aromatic rings. The Morgan fingerprint density at radius 1 is 1.25 bits per heavy atom. The van der Waals surface area contributed by atoms with Gasteiger partial charge >= 0.3 is 0 Å². The van der Waals surface area contributed by atoms with E-state index < -0.39 is 0 Å². The molecule has 5 nitrogen and oxygen atoms in total. The molecule has 0 saturated carbocycles. The molecule has 24 heavy (non-hydrogen) atoms. The highest BCUT2D eigenvalue weighted by Gasteiger charge is 2.16. The lowest BCUT2D eigenvalue weighted by Gasteiger charge is -2.22. The first-order chi connectivity index (χ1) is 11.6. The number of furan rings is 1. The van der Waals surface area contributed by atoms with Crippen molar-refractivity contribution in [2.75, 3.05) is 20.6 Å². The Kier molecular flexibility index (Phi) is 5.35. The van der Waals surface area contributed by atoms with Gasteiger partial charge in [-0.2, -0.15) is 5.10 Å². The summed E-state index contributed by atoms with van der Waals surface area (Å²) in [6.45, 7) is 1.55. The van der Waals surface area contributed by atoms with Gasteiger partial charge in [-0.1, -0.05) is 11.6 Å². The van der Waals surface area contributed by atoms with E-state index in [4.69, 9.17) is 16.0 Å². The molecule has 3 rings (SSSR count). The van der Waals surface area contributed by atoms with Gasteiger partial charge in [0.25, 0.3) is 0 Å². The monoisotopic (exact) mass is 344 g/mol. The average molecular weight is 345 g/mol. The van der Waals surface area contributed by atoms with E-state index in [2.05, 4.69) is 15.3 Å². The third-order valence-corrected chi connectivity index (χ3v) is 4.14. The molecule has 0 saturated heterocycles. The van der Waals surface area contributed by atoms with Gasteiger partial charge in [0.2, 0.25) is 0 Å². The first-order valence-electron chi connectivity index (χ1n) is 7.83. The van der Waals surface area contributed by atoms with Gasteiger partial charge < -0.3 is 9.73 Å². The van der Waals surface area contributed by atoms with E-state index in [1.54, 1.807) is 6.26 Å². The number of nitrogens with one attached hydrogen (secondary N) is 1. The Morgan fingerprint density at radius 3 is 2.71 bits per heavy atom. The van der Waals surface area contributed by atoms with Gasteiger partial charge in [-0.25, -0.2) is 4.68 Å². The molecule has 1 N–H and O–H groups in total. The van der Waals surface area contributed by atoms with Gasteiger partial charge in [-0.05, 0) is 50.5 Å². The SMILES string of the molecule is CN(C)C(CNCc1cnn(-c2ccc(Cl)cc2)c1)c1ccco1. The number of rotatable bonds is 7. The Morgan fingerprint density at radius 2 is 2.04 bits per heavy atom. The van der Waals surface area contributed by atoms with Crippen LogP contribution in [0.25, 0.3) is 5.69 Å².